The molecule has 1 aliphatic rings. The largest absolute Gasteiger partial charge is 0.490 e. The first kappa shape index (κ1) is 15.3. The maximum absolute atomic E-state index is 12.3. The van der Waals surface area contributed by atoms with Gasteiger partial charge < -0.3 is 14.4 Å². The van der Waals surface area contributed by atoms with E-state index in [2.05, 4.69) is 4.98 Å². The van der Waals surface area contributed by atoms with Gasteiger partial charge in [0.05, 0.1) is 6.61 Å². The number of hydrogen-bond acceptors (Lipinski definition) is 4. The summed E-state index contributed by atoms with van der Waals surface area (Å²) in [7, 11) is 0. The van der Waals surface area contributed by atoms with Crippen molar-refractivity contribution in [1.82, 2.24) is 9.88 Å². The number of pyridine rings is 1. The predicted molar refractivity (Wildman–Crippen MR) is 86.7 cm³/mol. The lowest BCUT2D eigenvalue weighted by atomic mass is 10.1. The highest BCUT2D eigenvalue weighted by Crippen LogP contribution is 2.30. The minimum absolute atomic E-state index is 0.0519. The fourth-order valence-electron chi connectivity index (χ4n) is 2.38. The topological polar surface area (TPSA) is 51.7 Å². The summed E-state index contributed by atoms with van der Waals surface area (Å²) in [6.45, 7) is 4.51. The molecule has 120 valence electrons. The van der Waals surface area contributed by atoms with Crippen molar-refractivity contribution in [2.45, 2.75) is 20.0 Å². The Morgan fingerprint density at radius 3 is 2.74 bits per heavy atom. The van der Waals surface area contributed by atoms with Gasteiger partial charge in [0.1, 0.15) is 6.61 Å². The molecule has 3 rings (SSSR count). The smallest absolute Gasteiger partial charge is 0.253 e. The highest BCUT2D eigenvalue weighted by Gasteiger charge is 2.22. The van der Waals surface area contributed by atoms with Gasteiger partial charge in [0.15, 0.2) is 11.5 Å². The highest BCUT2D eigenvalue weighted by molar-refractivity contribution is 5.95. The third-order valence-corrected chi connectivity index (χ3v) is 3.75. The van der Waals surface area contributed by atoms with Crippen LogP contribution in [0.3, 0.4) is 0 Å². The van der Waals surface area contributed by atoms with Crippen LogP contribution in [0.2, 0.25) is 0 Å². The Morgan fingerprint density at radius 2 is 2.09 bits per heavy atom. The summed E-state index contributed by atoms with van der Waals surface area (Å²) in [4.78, 5) is 18.2. The number of aromatic nitrogens is 1. The van der Waals surface area contributed by atoms with Crippen LogP contribution >= 0.6 is 0 Å². The summed E-state index contributed by atoms with van der Waals surface area (Å²) in [5, 5.41) is 0. The average molecular weight is 312 g/mol. The number of nitrogens with zero attached hydrogens (tertiary/aromatic N) is 2. The minimum Gasteiger partial charge on any atom is -0.490 e. The molecule has 1 aliphatic heterocycles. The number of rotatable bonds is 6. The molecule has 0 unspecified atom stereocenters. The number of ether oxygens (including phenoxy) is 2. The van der Waals surface area contributed by atoms with Crippen LogP contribution in [0.25, 0.3) is 0 Å². The van der Waals surface area contributed by atoms with Crippen LogP contribution in [-0.4, -0.2) is 35.5 Å². The van der Waals surface area contributed by atoms with Crippen LogP contribution < -0.4 is 9.47 Å². The Kier molecular flexibility index (Phi) is 4.76. The fourth-order valence-corrected chi connectivity index (χ4v) is 2.38. The molecule has 0 N–H and O–H groups in total. The van der Waals surface area contributed by atoms with Crippen molar-refractivity contribution >= 4 is 5.91 Å². The molecule has 1 aromatic carbocycles. The molecule has 1 amide bonds. The first-order chi connectivity index (χ1) is 11.3. The molecule has 0 aliphatic carbocycles. The van der Waals surface area contributed by atoms with Crippen molar-refractivity contribution in [1.29, 1.82) is 0 Å². The Balaban J connectivity index is 1.75. The molecule has 5 nitrogen and oxygen atoms in total. The molecule has 1 saturated heterocycles. The standard InChI is InChI=1S/C18H20N2O3/c1-2-22-17-11-15(18(21)20-9-4-10-20)6-7-16(17)23-13-14-5-3-8-19-12-14/h3,5-8,11-12H,2,4,9-10,13H2,1H3. The maximum atomic E-state index is 12.3. The number of amides is 1. The summed E-state index contributed by atoms with van der Waals surface area (Å²) in [6, 6.07) is 9.19. The zero-order valence-corrected chi connectivity index (χ0v) is 13.2. The summed E-state index contributed by atoms with van der Waals surface area (Å²) in [6.07, 6.45) is 4.57. The molecule has 0 bridgehead atoms. The Bertz CT molecular complexity index is 669. The average Bonchev–Trinajstić information content (AvgIpc) is 2.53. The lowest BCUT2D eigenvalue weighted by Crippen LogP contribution is -2.42. The molecule has 2 aromatic rings. The summed E-state index contributed by atoms with van der Waals surface area (Å²) < 4.78 is 11.5. The summed E-state index contributed by atoms with van der Waals surface area (Å²) in [5.74, 6) is 1.29. The quantitative estimate of drug-likeness (QED) is 0.823. The van der Waals surface area contributed by atoms with Gasteiger partial charge in [0, 0.05) is 36.6 Å². The second kappa shape index (κ2) is 7.13. The van der Waals surface area contributed by atoms with Gasteiger partial charge >= 0.3 is 0 Å². The van der Waals surface area contributed by atoms with Gasteiger partial charge in [0.2, 0.25) is 0 Å². The van der Waals surface area contributed by atoms with Gasteiger partial charge in [-0.25, -0.2) is 0 Å². The van der Waals surface area contributed by atoms with E-state index >= 15 is 0 Å². The first-order valence-electron chi connectivity index (χ1n) is 7.85. The molecular weight excluding hydrogens is 292 g/mol. The van der Waals surface area contributed by atoms with E-state index in [0.29, 0.717) is 30.3 Å². The van der Waals surface area contributed by atoms with E-state index in [1.807, 2.05) is 24.0 Å². The lowest BCUT2D eigenvalue weighted by molar-refractivity contribution is 0.0651. The van der Waals surface area contributed by atoms with E-state index in [0.717, 1.165) is 25.1 Å². The number of hydrogen-bond donors (Lipinski definition) is 0. The van der Waals surface area contributed by atoms with E-state index in [9.17, 15) is 4.79 Å². The SMILES string of the molecule is CCOc1cc(C(=O)N2CCC2)ccc1OCc1cccnc1. The van der Waals surface area contributed by atoms with Crippen molar-refractivity contribution in [3.63, 3.8) is 0 Å². The molecule has 0 spiro atoms. The van der Waals surface area contributed by atoms with Crippen LogP contribution in [0.5, 0.6) is 11.5 Å². The van der Waals surface area contributed by atoms with E-state index in [4.69, 9.17) is 9.47 Å². The zero-order chi connectivity index (χ0) is 16.1. The minimum atomic E-state index is 0.0519. The Hall–Kier alpha value is -2.56. The highest BCUT2D eigenvalue weighted by atomic mass is 16.5. The van der Waals surface area contributed by atoms with Crippen molar-refractivity contribution in [3.05, 3.63) is 53.9 Å². The molecular formula is C18H20N2O3. The Labute approximate surface area is 135 Å². The van der Waals surface area contributed by atoms with Crippen LogP contribution in [0.15, 0.2) is 42.7 Å². The lowest BCUT2D eigenvalue weighted by Gasteiger charge is -2.31. The van der Waals surface area contributed by atoms with Crippen molar-refractivity contribution in [2.24, 2.45) is 0 Å². The number of carbonyl (C=O) groups is 1. The zero-order valence-electron chi connectivity index (χ0n) is 13.2. The van der Waals surface area contributed by atoms with Crippen LogP contribution in [0, 0.1) is 0 Å². The van der Waals surface area contributed by atoms with Gasteiger partial charge in [-0.2, -0.15) is 0 Å². The summed E-state index contributed by atoms with van der Waals surface area (Å²) in [5.41, 5.74) is 1.62. The maximum Gasteiger partial charge on any atom is 0.253 e. The van der Waals surface area contributed by atoms with Gasteiger partial charge in [-0.1, -0.05) is 6.07 Å². The molecule has 1 aromatic heterocycles. The monoisotopic (exact) mass is 312 g/mol. The van der Waals surface area contributed by atoms with Gasteiger partial charge in [0.25, 0.3) is 5.91 Å². The third kappa shape index (κ3) is 3.62. The molecule has 1 fully saturated rings. The van der Waals surface area contributed by atoms with Crippen LogP contribution in [-0.2, 0) is 6.61 Å². The Morgan fingerprint density at radius 1 is 1.22 bits per heavy atom. The van der Waals surface area contributed by atoms with Gasteiger partial charge in [-0.15, -0.1) is 0 Å². The summed E-state index contributed by atoms with van der Waals surface area (Å²) >= 11 is 0. The third-order valence-electron chi connectivity index (χ3n) is 3.75. The van der Waals surface area contributed by atoms with Gasteiger partial charge in [-0.3, -0.25) is 9.78 Å². The second-order valence-corrected chi connectivity index (χ2v) is 5.39. The van der Waals surface area contributed by atoms with Gasteiger partial charge in [-0.05, 0) is 37.6 Å². The van der Waals surface area contributed by atoms with E-state index in [1.165, 1.54) is 0 Å². The molecule has 2 heterocycles. The molecule has 0 saturated carbocycles. The first-order valence-corrected chi connectivity index (χ1v) is 7.85. The fraction of sp³-hybridized carbons (Fsp3) is 0.333. The predicted octanol–water partition coefficient (Wildman–Crippen LogP) is 2.91. The van der Waals surface area contributed by atoms with Crippen LogP contribution in [0.1, 0.15) is 29.3 Å². The number of benzene rings is 1. The van der Waals surface area contributed by atoms with Crippen LogP contribution in [0.4, 0.5) is 0 Å². The molecule has 5 heteroatoms. The molecule has 23 heavy (non-hydrogen) atoms. The van der Waals surface area contributed by atoms with Crippen molar-refractivity contribution in [3.8, 4) is 11.5 Å². The van der Waals surface area contributed by atoms with Crippen molar-refractivity contribution in [2.75, 3.05) is 19.7 Å². The number of likely N-dealkylation sites (tertiary alicyclic amines) is 1. The molecule has 0 radical (unpaired) electrons. The van der Waals surface area contributed by atoms with E-state index in [-0.39, 0.29) is 5.91 Å². The van der Waals surface area contributed by atoms with E-state index in [1.54, 1.807) is 30.6 Å². The normalized spacial score (nSPS) is 13.3. The second-order valence-electron chi connectivity index (χ2n) is 5.39. The molecule has 0 atom stereocenters. The van der Waals surface area contributed by atoms with E-state index < -0.39 is 0 Å². The van der Waals surface area contributed by atoms with Crippen molar-refractivity contribution < 1.29 is 14.3 Å². The number of carbonyl (C=O) groups excluding carboxylic acids is 1.